The van der Waals surface area contributed by atoms with Gasteiger partial charge < -0.3 is 15.4 Å². The zero-order valence-corrected chi connectivity index (χ0v) is 11.8. The van der Waals surface area contributed by atoms with Crippen LogP contribution in [0.5, 0.6) is 0 Å². The fraction of sp³-hybridized carbons (Fsp3) is 0.462. The molecule has 1 heterocycles. The first kappa shape index (κ1) is 16.8. The molecule has 102 valence electrons. The highest BCUT2D eigenvalue weighted by atomic mass is 32.1. The Kier molecular flexibility index (Phi) is 10.2. The van der Waals surface area contributed by atoms with Gasteiger partial charge in [-0.2, -0.15) is 0 Å². The van der Waals surface area contributed by atoms with E-state index >= 15 is 0 Å². The molecule has 0 aliphatic carbocycles. The quantitative estimate of drug-likeness (QED) is 0.665. The van der Waals surface area contributed by atoms with Crippen molar-refractivity contribution in [3.63, 3.8) is 0 Å². The predicted octanol–water partition coefficient (Wildman–Crippen LogP) is 2.09. The maximum atomic E-state index is 11.1. The number of thiazole rings is 1. The highest BCUT2D eigenvalue weighted by Crippen LogP contribution is 2.12. The molecule has 0 atom stereocenters. The van der Waals surface area contributed by atoms with E-state index in [1.54, 1.807) is 6.08 Å². The standard InChI is InChI=1S/C11H16N2O2S.C2H6/c1-2-10-9(13-11(15)16-10)5-3-4-6-12-7-8-14;1-2/h2-3,5,12,14H,1,4,6-8H2,(H,13,15);1-2H3/b5-3-;. The van der Waals surface area contributed by atoms with Crippen molar-refractivity contribution in [2.24, 2.45) is 0 Å². The summed E-state index contributed by atoms with van der Waals surface area (Å²) in [6.07, 6.45) is 6.39. The average Bonchev–Trinajstić information content (AvgIpc) is 2.76. The van der Waals surface area contributed by atoms with Crippen LogP contribution in [0.25, 0.3) is 12.2 Å². The van der Waals surface area contributed by atoms with Crippen molar-refractivity contribution in [1.82, 2.24) is 10.3 Å². The lowest BCUT2D eigenvalue weighted by atomic mass is 10.3. The van der Waals surface area contributed by atoms with Crippen molar-refractivity contribution < 1.29 is 5.11 Å². The summed E-state index contributed by atoms with van der Waals surface area (Å²) in [5, 5.41) is 11.6. The maximum Gasteiger partial charge on any atom is 0.305 e. The van der Waals surface area contributed by atoms with Crippen molar-refractivity contribution in [1.29, 1.82) is 0 Å². The Hall–Kier alpha value is -1.17. The summed E-state index contributed by atoms with van der Waals surface area (Å²) in [6.45, 7) is 9.23. The Bertz CT molecular complexity index is 407. The molecule has 0 saturated carbocycles. The monoisotopic (exact) mass is 270 g/mol. The van der Waals surface area contributed by atoms with Gasteiger partial charge in [-0.3, -0.25) is 4.79 Å². The number of aromatic nitrogens is 1. The molecule has 0 bridgehead atoms. The van der Waals surface area contributed by atoms with Gasteiger partial charge in [0.2, 0.25) is 0 Å². The largest absolute Gasteiger partial charge is 0.395 e. The molecule has 1 aromatic heterocycles. The normalized spacial score (nSPS) is 10.2. The number of aromatic amines is 1. The Labute approximate surface area is 112 Å². The molecule has 0 aromatic carbocycles. The number of aliphatic hydroxyl groups excluding tert-OH is 1. The number of hydrogen-bond donors (Lipinski definition) is 3. The van der Waals surface area contributed by atoms with Gasteiger partial charge in [0.15, 0.2) is 0 Å². The Morgan fingerprint density at radius 3 is 2.78 bits per heavy atom. The smallest absolute Gasteiger partial charge is 0.305 e. The molecule has 1 aromatic rings. The Morgan fingerprint density at radius 2 is 2.17 bits per heavy atom. The molecule has 5 heteroatoms. The molecule has 0 amide bonds. The molecule has 1 rings (SSSR count). The van der Waals surface area contributed by atoms with E-state index in [9.17, 15) is 4.79 Å². The summed E-state index contributed by atoms with van der Waals surface area (Å²) in [6, 6.07) is 0. The molecular weight excluding hydrogens is 248 g/mol. The third kappa shape index (κ3) is 6.54. The summed E-state index contributed by atoms with van der Waals surface area (Å²) in [7, 11) is 0. The van der Waals surface area contributed by atoms with Gasteiger partial charge in [-0.1, -0.05) is 37.8 Å². The number of nitrogens with one attached hydrogen (secondary N) is 2. The minimum atomic E-state index is -0.0621. The SMILES string of the molecule is C=Cc1sc(=O)[nH]c1/C=C\CCNCCO.CC. The van der Waals surface area contributed by atoms with Crippen molar-refractivity contribution in [3.8, 4) is 0 Å². The maximum absolute atomic E-state index is 11.1. The van der Waals surface area contributed by atoms with Gasteiger partial charge in [-0.05, 0) is 25.1 Å². The highest BCUT2D eigenvalue weighted by Gasteiger charge is 1.99. The minimum Gasteiger partial charge on any atom is -0.395 e. The third-order valence-corrected chi connectivity index (χ3v) is 2.85. The van der Waals surface area contributed by atoms with Gasteiger partial charge in [0.25, 0.3) is 0 Å². The fourth-order valence-corrected chi connectivity index (χ4v) is 1.89. The summed E-state index contributed by atoms with van der Waals surface area (Å²) < 4.78 is 0. The molecule has 0 aliphatic rings. The lowest BCUT2D eigenvalue weighted by molar-refractivity contribution is 0.293. The first-order chi connectivity index (χ1) is 8.77. The van der Waals surface area contributed by atoms with E-state index in [2.05, 4.69) is 16.9 Å². The van der Waals surface area contributed by atoms with Crippen molar-refractivity contribution in [2.45, 2.75) is 20.3 Å². The van der Waals surface area contributed by atoms with E-state index in [-0.39, 0.29) is 11.5 Å². The second-order valence-corrected chi connectivity index (χ2v) is 4.18. The van der Waals surface area contributed by atoms with Crippen LogP contribution in [0.1, 0.15) is 30.8 Å². The first-order valence-corrected chi connectivity index (χ1v) is 6.93. The lowest BCUT2D eigenvalue weighted by Crippen LogP contribution is -2.18. The van der Waals surface area contributed by atoms with Crippen LogP contribution in [-0.4, -0.2) is 29.8 Å². The van der Waals surface area contributed by atoms with Crippen molar-refractivity contribution in [2.75, 3.05) is 19.7 Å². The first-order valence-electron chi connectivity index (χ1n) is 6.11. The zero-order valence-electron chi connectivity index (χ0n) is 11.0. The molecule has 3 N–H and O–H groups in total. The second-order valence-electron chi connectivity index (χ2n) is 3.16. The van der Waals surface area contributed by atoms with Gasteiger partial charge in [-0.25, -0.2) is 0 Å². The van der Waals surface area contributed by atoms with E-state index in [0.717, 1.165) is 34.9 Å². The zero-order chi connectivity index (χ0) is 13.8. The van der Waals surface area contributed by atoms with E-state index in [1.807, 2.05) is 26.0 Å². The van der Waals surface area contributed by atoms with E-state index in [1.165, 1.54) is 0 Å². The number of aliphatic hydroxyl groups is 1. The van der Waals surface area contributed by atoms with Crippen LogP contribution < -0.4 is 10.2 Å². The summed E-state index contributed by atoms with van der Waals surface area (Å²) in [5.41, 5.74) is 0.812. The highest BCUT2D eigenvalue weighted by molar-refractivity contribution is 7.10. The molecule has 0 saturated heterocycles. The summed E-state index contributed by atoms with van der Waals surface area (Å²) in [4.78, 5) is 14.6. The van der Waals surface area contributed by atoms with Crippen LogP contribution in [0.15, 0.2) is 17.4 Å². The topological polar surface area (TPSA) is 65.1 Å². The molecule has 0 radical (unpaired) electrons. The van der Waals surface area contributed by atoms with Gasteiger partial charge in [-0.15, -0.1) is 0 Å². The van der Waals surface area contributed by atoms with E-state index in [0.29, 0.717) is 6.54 Å². The number of hydrogen-bond acceptors (Lipinski definition) is 4. The summed E-state index contributed by atoms with van der Waals surface area (Å²) in [5.74, 6) is 0. The molecule has 18 heavy (non-hydrogen) atoms. The van der Waals surface area contributed by atoms with Crippen LogP contribution in [0.2, 0.25) is 0 Å². The molecule has 0 spiro atoms. The summed E-state index contributed by atoms with van der Waals surface area (Å²) >= 11 is 1.16. The second kappa shape index (κ2) is 11.0. The van der Waals surface area contributed by atoms with Gasteiger partial charge >= 0.3 is 4.87 Å². The third-order valence-electron chi connectivity index (χ3n) is 1.95. The molecule has 0 unspecified atom stereocenters. The lowest BCUT2D eigenvalue weighted by Gasteiger charge is -1.97. The van der Waals surface area contributed by atoms with E-state index in [4.69, 9.17) is 5.11 Å². The molecule has 0 aliphatic heterocycles. The van der Waals surface area contributed by atoms with Crippen LogP contribution in [0.4, 0.5) is 0 Å². The van der Waals surface area contributed by atoms with Gasteiger partial charge in [0.05, 0.1) is 17.2 Å². The fourth-order valence-electron chi connectivity index (χ4n) is 1.22. The van der Waals surface area contributed by atoms with Crippen LogP contribution in [-0.2, 0) is 0 Å². The van der Waals surface area contributed by atoms with Crippen molar-refractivity contribution in [3.05, 3.63) is 32.9 Å². The molecule has 0 fully saturated rings. The molecule has 4 nitrogen and oxygen atoms in total. The minimum absolute atomic E-state index is 0.0621. The van der Waals surface area contributed by atoms with Crippen molar-refractivity contribution >= 4 is 23.5 Å². The predicted molar refractivity (Wildman–Crippen MR) is 80.0 cm³/mol. The Balaban J connectivity index is 0.00000137. The number of rotatable bonds is 7. The number of H-pyrrole nitrogens is 1. The van der Waals surface area contributed by atoms with Gasteiger partial charge in [0.1, 0.15) is 0 Å². The average molecular weight is 270 g/mol. The van der Waals surface area contributed by atoms with Crippen LogP contribution in [0, 0.1) is 0 Å². The van der Waals surface area contributed by atoms with Gasteiger partial charge in [0, 0.05) is 6.54 Å². The molecular formula is C13H22N2O2S. The Morgan fingerprint density at radius 1 is 1.44 bits per heavy atom. The van der Waals surface area contributed by atoms with Crippen LogP contribution >= 0.6 is 11.3 Å². The van der Waals surface area contributed by atoms with Crippen LogP contribution in [0.3, 0.4) is 0 Å². The van der Waals surface area contributed by atoms with E-state index < -0.39 is 0 Å².